The summed E-state index contributed by atoms with van der Waals surface area (Å²) in [7, 11) is 1.80. The Hall–Kier alpha value is -2.08. The van der Waals surface area contributed by atoms with Crippen LogP contribution in [0.15, 0.2) is 30.7 Å². The minimum atomic E-state index is -0.0591. The van der Waals surface area contributed by atoms with E-state index < -0.39 is 0 Å². The second-order valence-electron chi connectivity index (χ2n) is 5.47. The number of carbonyl (C=O) groups excluding carboxylic acids is 1. The van der Waals surface area contributed by atoms with Crippen molar-refractivity contribution in [2.24, 2.45) is 7.05 Å². The molecule has 0 saturated carbocycles. The van der Waals surface area contributed by atoms with Gasteiger partial charge in [0.15, 0.2) is 0 Å². The summed E-state index contributed by atoms with van der Waals surface area (Å²) in [6.07, 6.45) is 6.77. The lowest BCUT2D eigenvalue weighted by molar-refractivity contribution is 0.0931. The lowest BCUT2D eigenvalue weighted by Crippen LogP contribution is -2.44. The number of rotatable bonds is 3. The first-order valence-electron chi connectivity index (χ1n) is 7.28. The van der Waals surface area contributed by atoms with Crippen LogP contribution in [0.1, 0.15) is 23.2 Å². The molecule has 2 aromatic rings. The van der Waals surface area contributed by atoms with Crippen LogP contribution < -0.4 is 10.2 Å². The van der Waals surface area contributed by atoms with Crippen molar-refractivity contribution in [1.82, 2.24) is 20.1 Å². The summed E-state index contributed by atoms with van der Waals surface area (Å²) in [5, 5.41) is 7.73. The largest absolute Gasteiger partial charge is 0.356 e. The summed E-state index contributed by atoms with van der Waals surface area (Å²) in [6, 6.07) is 3.97. The molecule has 7 heteroatoms. The SMILES string of the molecule is Cn1cc(C(=O)NC2CCN(c3ccc(Cl)cn3)CC2)cn1. The number of carbonyl (C=O) groups is 1. The van der Waals surface area contributed by atoms with Crippen molar-refractivity contribution in [1.29, 1.82) is 0 Å². The van der Waals surface area contributed by atoms with Crippen LogP contribution >= 0.6 is 11.6 Å². The zero-order valence-corrected chi connectivity index (χ0v) is 13.1. The minimum Gasteiger partial charge on any atom is -0.356 e. The third kappa shape index (κ3) is 3.39. The van der Waals surface area contributed by atoms with Gasteiger partial charge in [-0.15, -0.1) is 0 Å². The topological polar surface area (TPSA) is 63.1 Å². The lowest BCUT2D eigenvalue weighted by Gasteiger charge is -2.33. The van der Waals surface area contributed by atoms with E-state index in [0.29, 0.717) is 10.6 Å². The number of nitrogens with one attached hydrogen (secondary N) is 1. The molecule has 0 aromatic carbocycles. The average Bonchev–Trinajstić information content (AvgIpc) is 2.96. The highest BCUT2D eigenvalue weighted by Crippen LogP contribution is 2.19. The van der Waals surface area contributed by atoms with Crippen LogP contribution in [0.25, 0.3) is 0 Å². The van der Waals surface area contributed by atoms with E-state index in [4.69, 9.17) is 11.6 Å². The van der Waals surface area contributed by atoms with Gasteiger partial charge in [-0.25, -0.2) is 4.98 Å². The molecule has 116 valence electrons. The fourth-order valence-electron chi connectivity index (χ4n) is 2.62. The molecular formula is C15H18ClN5O. The Kier molecular flexibility index (Phi) is 4.29. The number of aryl methyl sites for hydroxylation is 1. The van der Waals surface area contributed by atoms with Crippen LogP contribution in [-0.4, -0.2) is 39.8 Å². The van der Waals surface area contributed by atoms with E-state index in [2.05, 4.69) is 20.3 Å². The molecule has 1 amide bonds. The Labute approximate surface area is 134 Å². The van der Waals surface area contributed by atoms with Crippen LogP contribution in [0, 0.1) is 0 Å². The predicted octanol–water partition coefficient (Wildman–Crippen LogP) is 1.87. The number of halogens is 1. The van der Waals surface area contributed by atoms with E-state index in [1.165, 1.54) is 0 Å². The molecule has 1 saturated heterocycles. The number of anilines is 1. The van der Waals surface area contributed by atoms with Crippen LogP contribution in [0.5, 0.6) is 0 Å². The highest BCUT2D eigenvalue weighted by atomic mass is 35.5. The average molecular weight is 320 g/mol. The van der Waals surface area contributed by atoms with Crippen molar-refractivity contribution in [2.75, 3.05) is 18.0 Å². The highest BCUT2D eigenvalue weighted by molar-refractivity contribution is 6.30. The van der Waals surface area contributed by atoms with Crippen molar-refractivity contribution in [2.45, 2.75) is 18.9 Å². The van der Waals surface area contributed by atoms with Crippen LogP contribution in [0.3, 0.4) is 0 Å². The standard InChI is InChI=1S/C15H18ClN5O/c1-20-10-11(8-18-20)15(22)19-13-4-6-21(7-5-13)14-3-2-12(16)9-17-14/h2-3,8-10,13H,4-7H2,1H3,(H,19,22). The number of pyridine rings is 1. The second kappa shape index (κ2) is 6.36. The molecule has 0 spiro atoms. The maximum Gasteiger partial charge on any atom is 0.254 e. The molecule has 0 bridgehead atoms. The maximum absolute atomic E-state index is 12.1. The van der Waals surface area contributed by atoms with Gasteiger partial charge in [0.05, 0.1) is 16.8 Å². The molecule has 1 aliphatic heterocycles. The van der Waals surface area contributed by atoms with Crippen molar-refractivity contribution in [3.8, 4) is 0 Å². The zero-order chi connectivity index (χ0) is 15.5. The van der Waals surface area contributed by atoms with Crippen LogP contribution in [0.2, 0.25) is 5.02 Å². The Bertz CT molecular complexity index is 646. The maximum atomic E-state index is 12.1. The molecule has 22 heavy (non-hydrogen) atoms. The first-order valence-corrected chi connectivity index (χ1v) is 7.65. The van der Waals surface area contributed by atoms with Crippen molar-refractivity contribution in [3.05, 3.63) is 41.3 Å². The first-order chi connectivity index (χ1) is 10.6. The van der Waals surface area contributed by atoms with Gasteiger partial charge in [-0.2, -0.15) is 5.10 Å². The van der Waals surface area contributed by atoms with Crippen molar-refractivity contribution >= 4 is 23.3 Å². The molecule has 0 aliphatic carbocycles. The summed E-state index contributed by atoms with van der Waals surface area (Å²) < 4.78 is 1.63. The molecule has 1 fully saturated rings. The molecule has 0 unspecified atom stereocenters. The van der Waals surface area contributed by atoms with Crippen molar-refractivity contribution in [3.63, 3.8) is 0 Å². The van der Waals surface area contributed by atoms with E-state index >= 15 is 0 Å². The monoisotopic (exact) mass is 319 g/mol. The van der Waals surface area contributed by atoms with Gasteiger partial charge >= 0.3 is 0 Å². The predicted molar refractivity (Wildman–Crippen MR) is 85.2 cm³/mol. The summed E-state index contributed by atoms with van der Waals surface area (Å²) in [6.45, 7) is 1.74. The molecule has 0 atom stereocenters. The van der Waals surface area contributed by atoms with E-state index in [1.54, 1.807) is 30.3 Å². The molecule has 1 aliphatic rings. The van der Waals surface area contributed by atoms with E-state index in [9.17, 15) is 4.79 Å². The van der Waals surface area contributed by atoms with Crippen LogP contribution in [-0.2, 0) is 7.05 Å². The van der Waals surface area contributed by atoms with Crippen molar-refractivity contribution < 1.29 is 4.79 Å². The number of piperidine rings is 1. The van der Waals surface area contributed by atoms with Gasteiger partial charge in [0, 0.05) is 38.6 Å². The fraction of sp³-hybridized carbons (Fsp3) is 0.400. The highest BCUT2D eigenvalue weighted by Gasteiger charge is 2.22. The zero-order valence-electron chi connectivity index (χ0n) is 12.4. The van der Waals surface area contributed by atoms with Crippen LogP contribution in [0.4, 0.5) is 5.82 Å². The fourth-order valence-corrected chi connectivity index (χ4v) is 2.73. The summed E-state index contributed by atoms with van der Waals surface area (Å²) in [4.78, 5) is 18.7. The van der Waals surface area contributed by atoms with Gasteiger partial charge in [-0.3, -0.25) is 9.48 Å². The smallest absolute Gasteiger partial charge is 0.254 e. The normalized spacial score (nSPS) is 15.8. The van der Waals surface area contributed by atoms with Gasteiger partial charge in [0.2, 0.25) is 0 Å². The van der Waals surface area contributed by atoms with Gasteiger partial charge < -0.3 is 10.2 Å². The Morgan fingerprint density at radius 3 is 2.68 bits per heavy atom. The summed E-state index contributed by atoms with van der Waals surface area (Å²) in [5.74, 6) is 0.873. The number of hydrogen-bond acceptors (Lipinski definition) is 4. The number of amides is 1. The molecular weight excluding hydrogens is 302 g/mol. The van der Waals surface area contributed by atoms with E-state index in [1.807, 2.05) is 12.1 Å². The second-order valence-corrected chi connectivity index (χ2v) is 5.91. The molecule has 3 heterocycles. The Balaban J connectivity index is 1.53. The van der Waals surface area contributed by atoms with Gasteiger partial charge in [-0.1, -0.05) is 11.6 Å². The minimum absolute atomic E-state index is 0.0591. The molecule has 0 radical (unpaired) electrons. The third-order valence-electron chi connectivity index (χ3n) is 3.83. The van der Waals surface area contributed by atoms with E-state index in [0.717, 1.165) is 31.7 Å². The molecule has 1 N–H and O–H groups in total. The number of hydrogen-bond donors (Lipinski definition) is 1. The van der Waals surface area contributed by atoms with Gasteiger partial charge in [0.1, 0.15) is 5.82 Å². The van der Waals surface area contributed by atoms with Gasteiger partial charge in [-0.05, 0) is 25.0 Å². The summed E-state index contributed by atoms with van der Waals surface area (Å²) in [5.41, 5.74) is 0.601. The third-order valence-corrected chi connectivity index (χ3v) is 4.06. The summed E-state index contributed by atoms with van der Waals surface area (Å²) >= 11 is 5.86. The molecule has 3 rings (SSSR count). The molecule has 6 nitrogen and oxygen atoms in total. The Morgan fingerprint density at radius 1 is 1.32 bits per heavy atom. The lowest BCUT2D eigenvalue weighted by atomic mass is 10.0. The quantitative estimate of drug-likeness (QED) is 0.938. The number of nitrogens with zero attached hydrogens (tertiary/aromatic N) is 4. The Morgan fingerprint density at radius 2 is 2.09 bits per heavy atom. The molecule has 2 aromatic heterocycles. The van der Waals surface area contributed by atoms with Gasteiger partial charge in [0.25, 0.3) is 5.91 Å². The van der Waals surface area contributed by atoms with E-state index in [-0.39, 0.29) is 11.9 Å². The number of aromatic nitrogens is 3. The first kappa shape index (κ1) is 14.8.